The summed E-state index contributed by atoms with van der Waals surface area (Å²) in [5.74, 6) is 0.936. The van der Waals surface area contributed by atoms with Crippen molar-refractivity contribution in [3.63, 3.8) is 0 Å². The highest BCUT2D eigenvalue weighted by Gasteiger charge is 2.20. The van der Waals surface area contributed by atoms with Crippen LogP contribution in [0.15, 0.2) is 24.3 Å². The smallest absolute Gasteiger partial charge is 0.220 e. The van der Waals surface area contributed by atoms with Crippen molar-refractivity contribution in [2.45, 2.75) is 57.7 Å². The Labute approximate surface area is 132 Å². The Kier molecular flexibility index (Phi) is 7.54. The molecule has 1 fully saturated rings. The molecule has 1 unspecified atom stereocenters. The van der Waals surface area contributed by atoms with Crippen molar-refractivity contribution in [2.75, 3.05) is 0 Å². The predicted molar refractivity (Wildman–Crippen MR) is 86.7 cm³/mol. The van der Waals surface area contributed by atoms with Crippen LogP contribution in [0.3, 0.4) is 0 Å². The second-order valence-corrected chi connectivity index (χ2v) is 5.57. The zero-order chi connectivity index (χ0) is 14.4. The third-order valence-corrected chi connectivity index (χ3v) is 3.62. The van der Waals surface area contributed by atoms with Crippen molar-refractivity contribution in [3.8, 4) is 5.75 Å². The average molecular weight is 313 g/mol. The molecule has 0 bridgehead atoms. The summed E-state index contributed by atoms with van der Waals surface area (Å²) in [5.41, 5.74) is 6.68. The molecule has 5 heteroatoms. The molecule has 1 amide bonds. The zero-order valence-electron chi connectivity index (χ0n) is 12.5. The highest BCUT2D eigenvalue weighted by molar-refractivity contribution is 5.85. The maximum absolute atomic E-state index is 11.7. The van der Waals surface area contributed by atoms with Gasteiger partial charge in [-0.3, -0.25) is 4.79 Å². The molecule has 3 N–H and O–H groups in total. The van der Waals surface area contributed by atoms with E-state index in [9.17, 15) is 4.79 Å². The lowest BCUT2D eigenvalue weighted by Crippen LogP contribution is -2.27. The molecule has 1 aromatic rings. The molecule has 0 aliphatic heterocycles. The number of carbonyl (C=O) groups is 1. The Morgan fingerprint density at radius 3 is 2.76 bits per heavy atom. The van der Waals surface area contributed by atoms with E-state index in [1.165, 1.54) is 6.42 Å². The van der Waals surface area contributed by atoms with Gasteiger partial charge in [-0.15, -0.1) is 12.4 Å². The van der Waals surface area contributed by atoms with Crippen LogP contribution in [0.25, 0.3) is 0 Å². The summed E-state index contributed by atoms with van der Waals surface area (Å²) >= 11 is 0. The number of hydrogen-bond donors (Lipinski definition) is 2. The number of nitrogens with two attached hydrogens (primary N) is 1. The summed E-state index contributed by atoms with van der Waals surface area (Å²) in [6.07, 6.45) is 5.06. The van der Waals surface area contributed by atoms with Crippen molar-refractivity contribution in [1.29, 1.82) is 0 Å². The van der Waals surface area contributed by atoms with Crippen LogP contribution in [0.1, 0.15) is 44.6 Å². The minimum atomic E-state index is 0. The molecule has 1 aromatic carbocycles. The first kappa shape index (κ1) is 17.8. The van der Waals surface area contributed by atoms with Gasteiger partial charge in [-0.2, -0.15) is 0 Å². The van der Waals surface area contributed by atoms with Gasteiger partial charge in [0.2, 0.25) is 5.91 Å². The predicted octanol–water partition coefficient (Wildman–Crippen LogP) is 2.78. The first-order valence-corrected chi connectivity index (χ1v) is 7.42. The second-order valence-electron chi connectivity index (χ2n) is 5.57. The van der Waals surface area contributed by atoms with E-state index in [4.69, 9.17) is 10.5 Å². The van der Waals surface area contributed by atoms with E-state index in [0.717, 1.165) is 24.2 Å². The van der Waals surface area contributed by atoms with Crippen molar-refractivity contribution >= 4 is 18.3 Å². The van der Waals surface area contributed by atoms with Crippen LogP contribution < -0.4 is 15.8 Å². The molecular weight excluding hydrogens is 288 g/mol. The minimum absolute atomic E-state index is 0. The molecule has 4 nitrogen and oxygen atoms in total. The average Bonchev–Trinajstić information content (AvgIpc) is 2.39. The summed E-state index contributed by atoms with van der Waals surface area (Å²) in [4.78, 5) is 11.7. The van der Waals surface area contributed by atoms with Gasteiger partial charge in [-0.1, -0.05) is 18.2 Å². The number of amides is 1. The summed E-state index contributed by atoms with van der Waals surface area (Å²) in [6, 6.07) is 7.98. The van der Waals surface area contributed by atoms with Crippen LogP contribution in [-0.4, -0.2) is 18.1 Å². The van der Waals surface area contributed by atoms with Gasteiger partial charge < -0.3 is 15.8 Å². The number of benzene rings is 1. The Bertz CT molecular complexity index is 448. The van der Waals surface area contributed by atoms with E-state index >= 15 is 0 Å². The molecule has 118 valence electrons. The maximum atomic E-state index is 11.7. The molecule has 1 atom stereocenters. The first-order chi connectivity index (χ1) is 9.65. The fourth-order valence-electron chi connectivity index (χ4n) is 2.07. The molecule has 0 radical (unpaired) electrons. The van der Waals surface area contributed by atoms with E-state index in [-0.39, 0.29) is 24.4 Å². The van der Waals surface area contributed by atoms with Crippen molar-refractivity contribution < 1.29 is 9.53 Å². The number of halogens is 1. The van der Waals surface area contributed by atoms with Gasteiger partial charge in [-0.25, -0.2) is 0 Å². The van der Waals surface area contributed by atoms with Crippen LogP contribution in [0.4, 0.5) is 0 Å². The topological polar surface area (TPSA) is 64.4 Å². The van der Waals surface area contributed by atoms with Crippen LogP contribution in [0.2, 0.25) is 0 Å². The molecule has 0 spiro atoms. The van der Waals surface area contributed by atoms with Crippen molar-refractivity contribution in [3.05, 3.63) is 29.8 Å². The van der Waals surface area contributed by atoms with Crippen LogP contribution in [-0.2, 0) is 11.3 Å². The molecule has 1 aliphatic carbocycles. The number of rotatable bonds is 7. The lowest BCUT2D eigenvalue weighted by Gasteiger charge is -2.27. The van der Waals surface area contributed by atoms with Gasteiger partial charge in [-0.05, 0) is 38.7 Å². The molecule has 0 saturated heterocycles. The lowest BCUT2D eigenvalue weighted by atomic mass is 9.96. The van der Waals surface area contributed by atoms with Gasteiger partial charge in [0, 0.05) is 24.6 Å². The molecule has 0 heterocycles. The monoisotopic (exact) mass is 312 g/mol. The SMILES string of the molecule is CC(N)CCC(=O)NCc1ccccc1OC1CCC1.Cl. The summed E-state index contributed by atoms with van der Waals surface area (Å²) in [7, 11) is 0. The normalized spacial score (nSPS) is 15.5. The zero-order valence-corrected chi connectivity index (χ0v) is 13.3. The van der Waals surface area contributed by atoms with Crippen LogP contribution in [0, 0.1) is 0 Å². The summed E-state index contributed by atoms with van der Waals surface area (Å²) in [6.45, 7) is 2.43. The van der Waals surface area contributed by atoms with E-state index in [1.807, 2.05) is 31.2 Å². The number of carbonyl (C=O) groups excluding carboxylic acids is 1. The Morgan fingerprint density at radius 2 is 2.14 bits per heavy atom. The van der Waals surface area contributed by atoms with E-state index in [2.05, 4.69) is 5.32 Å². The molecule has 21 heavy (non-hydrogen) atoms. The van der Waals surface area contributed by atoms with E-state index in [1.54, 1.807) is 0 Å². The first-order valence-electron chi connectivity index (χ1n) is 7.42. The molecule has 2 rings (SSSR count). The molecule has 0 aromatic heterocycles. The molecule has 1 aliphatic rings. The fourth-order valence-corrected chi connectivity index (χ4v) is 2.07. The van der Waals surface area contributed by atoms with Crippen LogP contribution >= 0.6 is 12.4 Å². The number of para-hydroxylation sites is 1. The Morgan fingerprint density at radius 1 is 1.43 bits per heavy atom. The summed E-state index contributed by atoms with van der Waals surface area (Å²) < 4.78 is 5.94. The Hall–Kier alpha value is -1.26. The molecular formula is C16H25ClN2O2. The van der Waals surface area contributed by atoms with Crippen molar-refractivity contribution in [2.24, 2.45) is 5.73 Å². The Balaban J connectivity index is 0.00000220. The standard InChI is InChI=1S/C16H24N2O2.ClH/c1-12(17)9-10-16(19)18-11-13-5-2-3-8-15(13)20-14-6-4-7-14;/h2-3,5,8,12,14H,4,6-7,9-11,17H2,1H3,(H,18,19);1H. The second kappa shape index (κ2) is 8.90. The van der Waals surface area contributed by atoms with Gasteiger partial charge in [0.25, 0.3) is 0 Å². The third-order valence-electron chi connectivity index (χ3n) is 3.62. The largest absolute Gasteiger partial charge is 0.490 e. The highest BCUT2D eigenvalue weighted by Crippen LogP contribution is 2.27. The highest BCUT2D eigenvalue weighted by atomic mass is 35.5. The summed E-state index contributed by atoms with van der Waals surface area (Å²) in [5, 5.41) is 2.93. The minimum Gasteiger partial charge on any atom is -0.490 e. The maximum Gasteiger partial charge on any atom is 0.220 e. The fraction of sp³-hybridized carbons (Fsp3) is 0.562. The van der Waals surface area contributed by atoms with E-state index < -0.39 is 0 Å². The van der Waals surface area contributed by atoms with Gasteiger partial charge in [0.15, 0.2) is 0 Å². The molecule has 1 saturated carbocycles. The number of hydrogen-bond acceptors (Lipinski definition) is 3. The van der Waals surface area contributed by atoms with Gasteiger partial charge in [0.1, 0.15) is 5.75 Å². The van der Waals surface area contributed by atoms with Gasteiger partial charge in [0.05, 0.1) is 6.10 Å². The third kappa shape index (κ3) is 5.94. The lowest BCUT2D eigenvalue weighted by molar-refractivity contribution is -0.121. The quantitative estimate of drug-likeness (QED) is 0.813. The van der Waals surface area contributed by atoms with Crippen LogP contribution in [0.5, 0.6) is 5.75 Å². The number of ether oxygens (including phenoxy) is 1. The van der Waals surface area contributed by atoms with E-state index in [0.29, 0.717) is 25.5 Å². The van der Waals surface area contributed by atoms with Gasteiger partial charge >= 0.3 is 0 Å². The number of nitrogens with one attached hydrogen (secondary N) is 1. The van der Waals surface area contributed by atoms with Crippen molar-refractivity contribution in [1.82, 2.24) is 5.32 Å².